The van der Waals surface area contributed by atoms with Crippen LogP contribution in [-0.2, 0) is 11.2 Å². The highest BCUT2D eigenvalue weighted by atomic mass is 16.5. The Morgan fingerprint density at radius 3 is 2.60 bits per heavy atom. The molecule has 1 saturated carbocycles. The van der Waals surface area contributed by atoms with Gasteiger partial charge in [-0.05, 0) is 37.0 Å². The summed E-state index contributed by atoms with van der Waals surface area (Å²) in [6.45, 7) is 1.12. The van der Waals surface area contributed by atoms with Crippen molar-refractivity contribution >= 4 is 5.91 Å². The molecule has 1 aliphatic rings. The van der Waals surface area contributed by atoms with Gasteiger partial charge in [0, 0.05) is 12.6 Å². The number of rotatable bonds is 7. The Hall–Kier alpha value is -1.55. The van der Waals surface area contributed by atoms with Gasteiger partial charge in [-0.3, -0.25) is 4.79 Å². The second kappa shape index (κ2) is 7.90. The van der Waals surface area contributed by atoms with Gasteiger partial charge in [0.05, 0.1) is 13.7 Å². The van der Waals surface area contributed by atoms with Crippen LogP contribution in [0.3, 0.4) is 0 Å². The molecule has 20 heavy (non-hydrogen) atoms. The number of hydrogen-bond acceptors (Lipinski definition) is 3. The van der Waals surface area contributed by atoms with Crippen LogP contribution in [0.25, 0.3) is 0 Å². The quantitative estimate of drug-likeness (QED) is 0.799. The predicted molar refractivity (Wildman–Crippen MR) is 80.0 cm³/mol. The maximum absolute atomic E-state index is 11.7. The Kier molecular flexibility index (Phi) is 5.87. The van der Waals surface area contributed by atoms with E-state index in [0.29, 0.717) is 19.1 Å². The molecule has 1 aliphatic carbocycles. The first kappa shape index (κ1) is 14.9. The van der Waals surface area contributed by atoms with Crippen LogP contribution in [0.5, 0.6) is 5.75 Å². The summed E-state index contributed by atoms with van der Waals surface area (Å²) in [6.07, 6.45) is 5.84. The van der Waals surface area contributed by atoms with Crippen molar-refractivity contribution in [3.05, 3.63) is 29.8 Å². The van der Waals surface area contributed by atoms with Crippen LogP contribution < -0.4 is 15.4 Å². The molecule has 1 fully saturated rings. The lowest BCUT2D eigenvalue weighted by Gasteiger charge is -2.11. The van der Waals surface area contributed by atoms with Crippen molar-refractivity contribution in [1.82, 2.24) is 10.6 Å². The predicted octanol–water partition coefficient (Wildman–Crippen LogP) is 1.89. The van der Waals surface area contributed by atoms with Gasteiger partial charge in [0.1, 0.15) is 5.75 Å². The Morgan fingerprint density at radius 2 is 1.95 bits per heavy atom. The van der Waals surface area contributed by atoms with Crippen LogP contribution >= 0.6 is 0 Å². The fraction of sp³-hybridized carbons (Fsp3) is 0.562. The minimum atomic E-state index is 0.0883. The van der Waals surface area contributed by atoms with Crippen LogP contribution in [0.2, 0.25) is 0 Å². The molecule has 0 heterocycles. The van der Waals surface area contributed by atoms with Crippen molar-refractivity contribution in [2.75, 3.05) is 20.2 Å². The van der Waals surface area contributed by atoms with Crippen molar-refractivity contribution in [1.29, 1.82) is 0 Å². The van der Waals surface area contributed by atoms with Gasteiger partial charge < -0.3 is 15.4 Å². The lowest BCUT2D eigenvalue weighted by atomic mass is 10.1. The van der Waals surface area contributed by atoms with E-state index < -0.39 is 0 Å². The summed E-state index contributed by atoms with van der Waals surface area (Å²) < 4.78 is 5.11. The Bertz CT molecular complexity index is 411. The van der Waals surface area contributed by atoms with Crippen LogP contribution in [-0.4, -0.2) is 32.1 Å². The molecule has 2 rings (SSSR count). The van der Waals surface area contributed by atoms with E-state index in [2.05, 4.69) is 10.6 Å². The molecule has 0 spiro atoms. The van der Waals surface area contributed by atoms with Crippen molar-refractivity contribution < 1.29 is 9.53 Å². The summed E-state index contributed by atoms with van der Waals surface area (Å²) >= 11 is 0. The third kappa shape index (κ3) is 4.85. The van der Waals surface area contributed by atoms with Crippen molar-refractivity contribution in [3.8, 4) is 5.75 Å². The lowest BCUT2D eigenvalue weighted by Crippen LogP contribution is -2.38. The van der Waals surface area contributed by atoms with Gasteiger partial charge in [-0.15, -0.1) is 0 Å². The van der Waals surface area contributed by atoms with E-state index in [1.54, 1.807) is 7.11 Å². The van der Waals surface area contributed by atoms with Gasteiger partial charge in [-0.1, -0.05) is 25.0 Å². The summed E-state index contributed by atoms with van der Waals surface area (Å²) in [5, 5.41) is 6.27. The Balaban J connectivity index is 1.60. The Morgan fingerprint density at radius 1 is 1.25 bits per heavy atom. The fourth-order valence-corrected chi connectivity index (χ4v) is 2.57. The maximum atomic E-state index is 11.7. The van der Waals surface area contributed by atoms with Crippen molar-refractivity contribution in [2.24, 2.45) is 0 Å². The summed E-state index contributed by atoms with van der Waals surface area (Å²) in [5.41, 5.74) is 1.20. The summed E-state index contributed by atoms with van der Waals surface area (Å²) in [5.74, 6) is 0.948. The molecule has 1 aromatic carbocycles. The van der Waals surface area contributed by atoms with Gasteiger partial charge in [-0.25, -0.2) is 0 Å². The van der Waals surface area contributed by atoms with E-state index in [1.807, 2.05) is 24.3 Å². The van der Waals surface area contributed by atoms with Crippen LogP contribution in [0.1, 0.15) is 31.2 Å². The van der Waals surface area contributed by atoms with Gasteiger partial charge in [0.2, 0.25) is 5.91 Å². The molecule has 110 valence electrons. The molecule has 1 amide bonds. The number of ether oxygens (including phenoxy) is 1. The number of hydrogen-bond donors (Lipinski definition) is 2. The van der Waals surface area contributed by atoms with E-state index in [1.165, 1.54) is 31.2 Å². The zero-order chi connectivity index (χ0) is 14.2. The first-order valence-corrected chi connectivity index (χ1v) is 7.41. The minimum Gasteiger partial charge on any atom is -0.497 e. The van der Waals surface area contributed by atoms with Gasteiger partial charge in [0.25, 0.3) is 0 Å². The standard InChI is InChI=1S/C16H24N2O2/c1-20-15-8-6-13(7-9-15)10-11-17-16(19)12-18-14-4-2-3-5-14/h6-9,14,18H,2-5,10-12H2,1H3,(H,17,19). The first-order chi connectivity index (χ1) is 9.78. The molecule has 0 aliphatic heterocycles. The van der Waals surface area contributed by atoms with Gasteiger partial charge in [-0.2, -0.15) is 0 Å². The molecule has 0 aromatic heterocycles. The highest BCUT2D eigenvalue weighted by molar-refractivity contribution is 5.78. The molecule has 4 heteroatoms. The smallest absolute Gasteiger partial charge is 0.233 e. The number of nitrogens with one attached hydrogen (secondary N) is 2. The molecular formula is C16H24N2O2. The molecule has 0 bridgehead atoms. The topological polar surface area (TPSA) is 50.4 Å². The number of amides is 1. The van der Waals surface area contributed by atoms with Crippen LogP contribution in [0, 0.1) is 0 Å². The number of carbonyl (C=O) groups is 1. The number of benzene rings is 1. The normalized spacial score (nSPS) is 15.2. The van der Waals surface area contributed by atoms with Crippen molar-refractivity contribution in [3.63, 3.8) is 0 Å². The van der Waals surface area contributed by atoms with E-state index >= 15 is 0 Å². The molecule has 2 N–H and O–H groups in total. The molecule has 0 saturated heterocycles. The fourth-order valence-electron chi connectivity index (χ4n) is 2.57. The van der Waals surface area contributed by atoms with Gasteiger partial charge in [0.15, 0.2) is 0 Å². The second-order valence-corrected chi connectivity index (χ2v) is 5.31. The third-order valence-electron chi connectivity index (χ3n) is 3.80. The van der Waals surface area contributed by atoms with E-state index in [-0.39, 0.29) is 5.91 Å². The summed E-state index contributed by atoms with van der Waals surface area (Å²) in [6, 6.07) is 8.49. The van der Waals surface area contributed by atoms with Crippen LogP contribution in [0.15, 0.2) is 24.3 Å². The molecular weight excluding hydrogens is 252 g/mol. The molecule has 0 radical (unpaired) electrons. The van der Waals surface area contributed by atoms with E-state index in [4.69, 9.17) is 4.74 Å². The average molecular weight is 276 g/mol. The highest BCUT2D eigenvalue weighted by Crippen LogP contribution is 2.17. The largest absolute Gasteiger partial charge is 0.497 e. The zero-order valence-electron chi connectivity index (χ0n) is 12.2. The third-order valence-corrected chi connectivity index (χ3v) is 3.80. The molecule has 0 atom stereocenters. The molecule has 0 unspecified atom stereocenters. The minimum absolute atomic E-state index is 0.0883. The van der Waals surface area contributed by atoms with Crippen molar-refractivity contribution in [2.45, 2.75) is 38.1 Å². The van der Waals surface area contributed by atoms with Crippen LogP contribution in [0.4, 0.5) is 0 Å². The zero-order valence-corrected chi connectivity index (χ0v) is 12.2. The molecule has 4 nitrogen and oxygen atoms in total. The highest BCUT2D eigenvalue weighted by Gasteiger charge is 2.14. The Labute approximate surface area is 120 Å². The summed E-state index contributed by atoms with van der Waals surface area (Å²) in [4.78, 5) is 11.7. The second-order valence-electron chi connectivity index (χ2n) is 5.31. The SMILES string of the molecule is COc1ccc(CCNC(=O)CNC2CCCC2)cc1. The van der Waals surface area contributed by atoms with E-state index in [0.717, 1.165) is 12.2 Å². The average Bonchev–Trinajstić information content (AvgIpc) is 2.99. The maximum Gasteiger partial charge on any atom is 0.233 e. The lowest BCUT2D eigenvalue weighted by molar-refractivity contribution is -0.120. The van der Waals surface area contributed by atoms with Gasteiger partial charge >= 0.3 is 0 Å². The molecule has 1 aromatic rings. The number of methoxy groups -OCH3 is 1. The number of carbonyl (C=O) groups excluding carboxylic acids is 1. The summed E-state index contributed by atoms with van der Waals surface area (Å²) in [7, 11) is 1.66. The van der Waals surface area contributed by atoms with E-state index in [9.17, 15) is 4.79 Å². The monoisotopic (exact) mass is 276 g/mol. The first-order valence-electron chi connectivity index (χ1n) is 7.41.